The molecule has 55 heavy (non-hydrogen) atoms. The van der Waals surface area contributed by atoms with Crippen molar-refractivity contribution in [3.8, 4) is 6.07 Å². The molecule has 3 atom stereocenters. The number of carboxylic acid groups (broad SMARTS) is 1. The van der Waals surface area contributed by atoms with Gasteiger partial charge in [0.1, 0.15) is 30.1 Å². The molecule has 1 fully saturated rings. The van der Waals surface area contributed by atoms with Gasteiger partial charge in [-0.3, -0.25) is 9.59 Å². The third kappa shape index (κ3) is 12.7. The molecule has 1 saturated heterocycles. The monoisotopic (exact) mass is 788 g/mol. The van der Waals surface area contributed by atoms with Crippen molar-refractivity contribution in [3.63, 3.8) is 0 Å². The van der Waals surface area contributed by atoms with Gasteiger partial charge in [-0.25, -0.2) is 32.4 Å². The van der Waals surface area contributed by atoms with Gasteiger partial charge in [0.2, 0.25) is 6.29 Å². The molecular weight excluding hydrogens is 753 g/mol. The van der Waals surface area contributed by atoms with Crippen LogP contribution in [0.4, 0.5) is 18.0 Å². The SMILES string of the molecule is CC(OC(=O)CCC(=O)OCC(=O)O)OC(=O)OC(Cn1cncn1)(c1ccc(F)cc1F)C(C)SC1COC(C=CC=Cc2ccc(C#N)cc2F)OC1. The van der Waals surface area contributed by atoms with Crippen LogP contribution >= 0.6 is 11.8 Å². The van der Waals surface area contributed by atoms with Crippen LogP contribution in [-0.2, 0) is 55.0 Å². The summed E-state index contributed by atoms with van der Waals surface area (Å²) < 4.78 is 77.4. The average Bonchev–Trinajstić information content (AvgIpc) is 3.65. The molecule has 4 rings (SSSR count). The van der Waals surface area contributed by atoms with Crippen LogP contribution in [0.2, 0.25) is 0 Å². The predicted octanol–water partition coefficient (Wildman–Crippen LogP) is 5.05. The molecule has 2 aromatic carbocycles. The lowest BCUT2D eigenvalue weighted by atomic mass is 9.89. The van der Waals surface area contributed by atoms with Gasteiger partial charge in [-0.1, -0.05) is 24.3 Å². The molecule has 1 aromatic heterocycles. The Balaban J connectivity index is 1.45. The number of carboxylic acids is 1. The van der Waals surface area contributed by atoms with Gasteiger partial charge in [0.25, 0.3) is 0 Å². The standard InChI is InChI=1S/C36H35F3N4O11S/c1-22(55-27-16-50-34(51-17-27)6-4-3-5-25-8-7-24(15-40)13-29(25)38)36(19-43-21-41-20-42-43,28-10-9-26(37)14-30(28)39)54-35(48)53-23(2)52-33(47)12-11-32(46)49-18-31(44)45/h3-10,13-14,20-23,27,34H,11-12,16-19H2,1-2H3,(H,44,45). The maximum absolute atomic E-state index is 15.6. The highest BCUT2D eigenvalue weighted by molar-refractivity contribution is 8.00. The largest absolute Gasteiger partial charge is 0.512 e. The van der Waals surface area contributed by atoms with Crippen LogP contribution in [-0.4, -0.2) is 86.8 Å². The molecule has 1 aliphatic heterocycles. The van der Waals surface area contributed by atoms with Gasteiger partial charge in [0.05, 0.1) is 49.5 Å². The number of nitrogens with zero attached hydrogens (tertiary/aromatic N) is 4. The second-order valence-electron chi connectivity index (χ2n) is 11.7. The van der Waals surface area contributed by atoms with E-state index >= 15 is 4.39 Å². The van der Waals surface area contributed by atoms with Crippen molar-refractivity contribution in [2.75, 3.05) is 19.8 Å². The number of carbonyl (C=O) groups is 4. The van der Waals surface area contributed by atoms with E-state index in [0.717, 1.165) is 18.2 Å². The van der Waals surface area contributed by atoms with E-state index in [-0.39, 0.29) is 36.4 Å². The first-order valence-corrected chi connectivity index (χ1v) is 17.4. The fourth-order valence-electron chi connectivity index (χ4n) is 5.12. The molecule has 15 nitrogen and oxygen atoms in total. The number of carbonyl (C=O) groups excluding carboxylic acids is 3. The number of nitriles is 1. The first-order chi connectivity index (χ1) is 26.3. The molecule has 1 aliphatic rings. The molecule has 3 aromatic rings. The summed E-state index contributed by atoms with van der Waals surface area (Å²) >= 11 is 1.20. The number of hydrogen-bond donors (Lipinski definition) is 1. The van der Waals surface area contributed by atoms with Crippen molar-refractivity contribution in [2.24, 2.45) is 0 Å². The van der Waals surface area contributed by atoms with Gasteiger partial charge < -0.3 is 33.5 Å². The summed E-state index contributed by atoms with van der Waals surface area (Å²) in [5.41, 5.74) is -1.73. The Labute approximate surface area is 316 Å². The Bertz CT molecular complexity index is 1920. The molecular formula is C36H35F3N4O11S. The fraction of sp³-hybridized carbons (Fsp3) is 0.361. The maximum Gasteiger partial charge on any atom is 0.512 e. The number of hydrogen-bond acceptors (Lipinski definition) is 14. The van der Waals surface area contributed by atoms with Crippen LogP contribution in [0, 0.1) is 28.8 Å². The normalized spacial score (nSPS) is 17.8. The first kappa shape index (κ1) is 42.0. The molecule has 0 radical (unpaired) electrons. The molecule has 19 heteroatoms. The van der Waals surface area contributed by atoms with Crippen LogP contribution in [0.3, 0.4) is 0 Å². The maximum atomic E-state index is 15.6. The molecule has 1 N–H and O–H groups in total. The minimum absolute atomic E-state index is 0.130. The van der Waals surface area contributed by atoms with Crippen LogP contribution in [0.1, 0.15) is 43.4 Å². The molecule has 3 unspecified atom stereocenters. The van der Waals surface area contributed by atoms with Crippen LogP contribution in [0.25, 0.3) is 6.08 Å². The zero-order valence-corrected chi connectivity index (χ0v) is 30.2. The topological polar surface area (TPSA) is 198 Å². The molecule has 2 heterocycles. The van der Waals surface area contributed by atoms with Crippen molar-refractivity contribution in [1.82, 2.24) is 14.8 Å². The summed E-state index contributed by atoms with van der Waals surface area (Å²) in [4.78, 5) is 51.7. The highest BCUT2D eigenvalue weighted by Crippen LogP contribution is 2.42. The minimum atomic E-state index is -1.97. The Hall–Kier alpha value is -5.71. The molecule has 0 spiro atoms. The number of rotatable bonds is 17. The van der Waals surface area contributed by atoms with Gasteiger partial charge in [-0.05, 0) is 37.3 Å². The predicted molar refractivity (Wildman–Crippen MR) is 185 cm³/mol. The average molecular weight is 789 g/mol. The van der Waals surface area contributed by atoms with Gasteiger partial charge in [-0.2, -0.15) is 10.4 Å². The zero-order chi connectivity index (χ0) is 40.0. The third-order valence-electron chi connectivity index (χ3n) is 7.70. The van der Waals surface area contributed by atoms with E-state index in [0.29, 0.717) is 6.07 Å². The van der Waals surface area contributed by atoms with E-state index in [2.05, 4.69) is 14.8 Å². The number of halogens is 3. The van der Waals surface area contributed by atoms with Gasteiger partial charge in [-0.15, -0.1) is 11.8 Å². The summed E-state index contributed by atoms with van der Waals surface area (Å²) in [6.07, 6.45) is 4.02. The zero-order valence-electron chi connectivity index (χ0n) is 29.3. The van der Waals surface area contributed by atoms with Crippen molar-refractivity contribution in [2.45, 2.75) is 61.9 Å². The van der Waals surface area contributed by atoms with Crippen LogP contribution in [0.5, 0.6) is 0 Å². The molecule has 0 amide bonds. The van der Waals surface area contributed by atoms with Gasteiger partial charge >= 0.3 is 24.1 Å². The summed E-state index contributed by atoms with van der Waals surface area (Å²) in [5.74, 6) is -5.83. The quantitative estimate of drug-likeness (QED) is 0.0825. The summed E-state index contributed by atoms with van der Waals surface area (Å²) in [6.45, 7) is 1.85. The highest BCUT2D eigenvalue weighted by Gasteiger charge is 2.47. The third-order valence-corrected chi connectivity index (χ3v) is 9.14. The van der Waals surface area contributed by atoms with Gasteiger partial charge in [0, 0.05) is 29.4 Å². The minimum Gasteiger partial charge on any atom is -0.479 e. The number of ether oxygens (including phenoxy) is 6. The number of thioether (sulfide) groups is 1. The Morgan fingerprint density at radius 2 is 1.80 bits per heavy atom. The molecule has 292 valence electrons. The lowest BCUT2D eigenvalue weighted by Gasteiger charge is -2.40. The van der Waals surface area contributed by atoms with Crippen LogP contribution in [0.15, 0.2) is 67.3 Å². The Morgan fingerprint density at radius 1 is 1.05 bits per heavy atom. The number of benzene rings is 2. The van der Waals surface area contributed by atoms with E-state index in [4.69, 9.17) is 34.1 Å². The fourth-order valence-corrected chi connectivity index (χ4v) is 6.48. The molecule has 0 saturated carbocycles. The van der Waals surface area contributed by atoms with Crippen molar-refractivity contribution in [1.29, 1.82) is 5.26 Å². The lowest BCUT2D eigenvalue weighted by molar-refractivity contribution is -0.173. The van der Waals surface area contributed by atoms with Gasteiger partial charge in [0.15, 0.2) is 18.5 Å². The molecule has 0 bridgehead atoms. The second-order valence-corrected chi connectivity index (χ2v) is 13.4. The summed E-state index contributed by atoms with van der Waals surface area (Å²) in [6, 6.07) is 8.70. The van der Waals surface area contributed by atoms with E-state index in [1.807, 2.05) is 6.07 Å². The van der Waals surface area contributed by atoms with E-state index in [1.165, 1.54) is 54.2 Å². The van der Waals surface area contributed by atoms with Crippen molar-refractivity contribution < 1.29 is 65.9 Å². The lowest BCUT2D eigenvalue weighted by Crippen LogP contribution is -2.47. The van der Waals surface area contributed by atoms with Crippen molar-refractivity contribution >= 4 is 41.9 Å². The summed E-state index contributed by atoms with van der Waals surface area (Å²) in [7, 11) is 0. The number of esters is 2. The van der Waals surface area contributed by atoms with E-state index in [1.54, 1.807) is 25.2 Å². The number of aromatic nitrogens is 3. The highest BCUT2D eigenvalue weighted by atomic mass is 32.2. The Kier molecular flexibility index (Phi) is 15.4. The van der Waals surface area contributed by atoms with Crippen LogP contribution < -0.4 is 0 Å². The summed E-state index contributed by atoms with van der Waals surface area (Å²) in [5, 5.41) is 20.3. The smallest absolute Gasteiger partial charge is 0.479 e. The van der Waals surface area contributed by atoms with E-state index < -0.39 is 89.6 Å². The molecule has 0 aliphatic carbocycles. The second kappa shape index (κ2) is 20.1. The first-order valence-electron chi connectivity index (χ1n) is 16.5. The number of allylic oxidation sites excluding steroid dienone is 2. The Morgan fingerprint density at radius 3 is 2.45 bits per heavy atom. The van der Waals surface area contributed by atoms with E-state index in [9.17, 15) is 28.0 Å². The number of aliphatic carboxylic acids is 1. The van der Waals surface area contributed by atoms with Crippen molar-refractivity contribution in [3.05, 3.63) is 101 Å².